The van der Waals surface area contributed by atoms with Crippen LogP contribution in [0, 0.1) is 0 Å². The maximum Gasteiger partial charge on any atom is 0.410 e. The van der Waals surface area contributed by atoms with Gasteiger partial charge in [-0.3, -0.25) is 0 Å². The molecule has 0 saturated carbocycles. The van der Waals surface area contributed by atoms with Crippen LogP contribution in [0.4, 0.5) is 10.5 Å². The highest BCUT2D eigenvalue weighted by atomic mass is 16.6. The summed E-state index contributed by atoms with van der Waals surface area (Å²) in [5, 5.41) is 3.45. The summed E-state index contributed by atoms with van der Waals surface area (Å²) in [6, 6.07) is 8.22. The molecule has 0 aliphatic carbocycles. The van der Waals surface area contributed by atoms with Gasteiger partial charge in [0.15, 0.2) is 0 Å². The zero-order valence-corrected chi connectivity index (χ0v) is 15.3. The number of hydrogen-bond acceptors (Lipinski definition) is 3. The van der Waals surface area contributed by atoms with Gasteiger partial charge in [0, 0.05) is 25.8 Å². The monoisotopic (exact) mass is 320 g/mol. The van der Waals surface area contributed by atoms with E-state index in [0.29, 0.717) is 6.54 Å². The first-order valence-corrected chi connectivity index (χ1v) is 8.59. The lowest BCUT2D eigenvalue weighted by molar-refractivity contribution is 0.0285. The Morgan fingerprint density at radius 3 is 2.61 bits per heavy atom. The average Bonchev–Trinajstić information content (AvgIpc) is 2.45. The summed E-state index contributed by atoms with van der Waals surface area (Å²) < 4.78 is 5.38. The van der Waals surface area contributed by atoms with Gasteiger partial charge in [-0.05, 0) is 44.9 Å². The van der Waals surface area contributed by atoms with E-state index in [1.165, 1.54) is 25.7 Å². The van der Waals surface area contributed by atoms with Crippen molar-refractivity contribution in [2.45, 2.75) is 65.5 Å². The molecule has 1 rings (SSSR count). The standard InChI is InChI=1S/C19H32N2O2/c1-6-7-8-9-13-20-17-12-10-11-16(14-17)15-21(5)18(22)23-19(2,3)4/h10-12,14,20H,6-9,13,15H2,1-5H3. The predicted octanol–water partition coefficient (Wildman–Crippen LogP) is 5.05. The summed E-state index contributed by atoms with van der Waals surface area (Å²) in [4.78, 5) is 13.6. The molecule has 0 spiro atoms. The van der Waals surface area contributed by atoms with Crippen molar-refractivity contribution in [3.8, 4) is 0 Å². The van der Waals surface area contributed by atoms with Crippen LogP contribution in [0.15, 0.2) is 24.3 Å². The summed E-state index contributed by atoms with van der Waals surface area (Å²) in [5.74, 6) is 0. The Balaban J connectivity index is 2.48. The van der Waals surface area contributed by atoms with Crippen molar-refractivity contribution in [1.82, 2.24) is 4.90 Å². The van der Waals surface area contributed by atoms with Crippen molar-refractivity contribution in [2.24, 2.45) is 0 Å². The Kier molecular flexibility index (Phi) is 7.93. The normalized spacial score (nSPS) is 11.2. The van der Waals surface area contributed by atoms with E-state index in [1.807, 2.05) is 32.9 Å². The Labute approximate surface area is 141 Å². The molecule has 1 aromatic rings. The minimum absolute atomic E-state index is 0.296. The van der Waals surface area contributed by atoms with Gasteiger partial charge in [-0.2, -0.15) is 0 Å². The number of nitrogens with one attached hydrogen (secondary N) is 1. The number of rotatable bonds is 8. The molecule has 4 heteroatoms. The van der Waals surface area contributed by atoms with Crippen molar-refractivity contribution in [3.05, 3.63) is 29.8 Å². The molecule has 23 heavy (non-hydrogen) atoms. The first kappa shape index (κ1) is 19.3. The van der Waals surface area contributed by atoms with Gasteiger partial charge in [-0.25, -0.2) is 4.79 Å². The van der Waals surface area contributed by atoms with E-state index in [4.69, 9.17) is 4.74 Å². The summed E-state index contributed by atoms with van der Waals surface area (Å²) in [7, 11) is 1.76. The van der Waals surface area contributed by atoms with Crippen LogP contribution < -0.4 is 5.32 Å². The third-order valence-electron chi connectivity index (χ3n) is 3.41. The van der Waals surface area contributed by atoms with Crippen LogP contribution in [-0.2, 0) is 11.3 Å². The van der Waals surface area contributed by atoms with Crippen LogP contribution in [-0.4, -0.2) is 30.2 Å². The van der Waals surface area contributed by atoms with Gasteiger partial charge in [0.25, 0.3) is 0 Å². The number of anilines is 1. The largest absolute Gasteiger partial charge is 0.444 e. The number of carbonyl (C=O) groups is 1. The molecule has 1 N–H and O–H groups in total. The molecular formula is C19H32N2O2. The van der Waals surface area contributed by atoms with E-state index in [-0.39, 0.29) is 6.09 Å². The number of amides is 1. The summed E-state index contributed by atoms with van der Waals surface area (Å²) in [6.45, 7) is 9.38. The zero-order chi connectivity index (χ0) is 17.3. The predicted molar refractivity (Wildman–Crippen MR) is 96.8 cm³/mol. The first-order valence-electron chi connectivity index (χ1n) is 8.59. The van der Waals surface area contributed by atoms with Crippen molar-refractivity contribution in [1.29, 1.82) is 0 Å². The molecular weight excluding hydrogens is 288 g/mol. The Morgan fingerprint density at radius 2 is 1.96 bits per heavy atom. The Morgan fingerprint density at radius 1 is 1.22 bits per heavy atom. The molecule has 0 aliphatic heterocycles. The number of benzene rings is 1. The highest BCUT2D eigenvalue weighted by Gasteiger charge is 2.19. The van der Waals surface area contributed by atoms with Crippen molar-refractivity contribution in [3.63, 3.8) is 0 Å². The number of hydrogen-bond donors (Lipinski definition) is 1. The van der Waals surface area contributed by atoms with Gasteiger partial charge < -0.3 is 15.0 Å². The molecule has 0 saturated heterocycles. The third kappa shape index (κ3) is 8.48. The molecule has 0 fully saturated rings. The van der Waals surface area contributed by atoms with Crippen LogP contribution in [0.2, 0.25) is 0 Å². The fourth-order valence-electron chi connectivity index (χ4n) is 2.24. The minimum Gasteiger partial charge on any atom is -0.444 e. The van der Waals surface area contributed by atoms with E-state index < -0.39 is 5.60 Å². The van der Waals surface area contributed by atoms with Crippen LogP contribution in [0.5, 0.6) is 0 Å². The number of nitrogens with zero attached hydrogens (tertiary/aromatic N) is 1. The zero-order valence-electron chi connectivity index (χ0n) is 15.3. The van der Waals surface area contributed by atoms with Crippen LogP contribution >= 0.6 is 0 Å². The number of carbonyl (C=O) groups excluding carboxylic acids is 1. The highest BCUT2D eigenvalue weighted by Crippen LogP contribution is 2.15. The second-order valence-electron chi connectivity index (χ2n) is 7.02. The van der Waals surface area contributed by atoms with Crippen LogP contribution in [0.25, 0.3) is 0 Å². The fourth-order valence-corrected chi connectivity index (χ4v) is 2.24. The molecule has 130 valence electrons. The Hall–Kier alpha value is -1.71. The lowest BCUT2D eigenvalue weighted by Gasteiger charge is -2.24. The lowest BCUT2D eigenvalue weighted by atomic mass is 10.1. The molecule has 1 aromatic carbocycles. The maximum absolute atomic E-state index is 12.0. The lowest BCUT2D eigenvalue weighted by Crippen LogP contribution is -2.33. The van der Waals surface area contributed by atoms with Gasteiger partial charge in [-0.1, -0.05) is 38.3 Å². The fraction of sp³-hybridized carbons (Fsp3) is 0.632. The smallest absolute Gasteiger partial charge is 0.410 e. The molecule has 4 nitrogen and oxygen atoms in total. The third-order valence-corrected chi connectivity index (χ3v) is 3.41. The molecule has 0 aromatic heterocycles. The molecule has 0 radical (unpaired) electrons. The quantitative estimate of drug-likeness (QED) is 0.682. The molecule has 0 bridgehead atoms. The van der Waals surface area contributed by atoms with Gasteiger partial charge in [0.05, 0.1) is 0 Å². The van der Waals surface area contributed by atoms with Gasteiger partial charge in [0.2, 0.25) is 0 Å². The van der Waals surface area contributed by atoms with Gasteiger partial charge in [0.1, 0.15) is 5.60 Å². The van der Waals surface area contributed by atoms with E-state index in [0.717, 1.165) is 17.8 Å². The van der Waals surface area contributed by atoms with E-state index in [2.05, 4.69) is 24.4 Å². The molecule has 0 unspecified atom stereocenters. The Bertz CT molecular complexity index is 481. The SMILES string of the molecule is CCCCCCNc1cccc(CN(C)C(=O)OC(C)(C)C)c1. The van der Waals surface area contributed by atoms with Gasteiger partial charge in [-0.15, -0.1) is 0 Å². The molecule has 0 aliphatic rings. The highest BCUT2D eigenvalue weighted by molar-refractivity contribution is 5.67. The van der Waals surface area contributed by atoms with E-state index in [9.17, 15) is 4.79 Å². The van der Waals surface area contributed by atoms with Crippen LogP contribution in [0.3, 0.4) is 0 Å². The summed E-state index contributed by atoms with van der Waals surface area (Å²) >= 11 is 0. The van der Waals surface area contributed by atoms with Crippen molar-refractivity contribution < 1.29 is 9.53 Å². The number of ether oxygens (including phenoxy) is 1. The minimum atomic E-state index is -0.465. The maximum atomic E-state index is 12.0. The summed E-state index contributed by atoms with van der Waals surface area (Å²) in [6.07, 6.45) is 4.71. The van der Waals surface area contributed by atoms with E-state index >= 15 is 0 Å². The molecule has 1 amide bonds. The topological polar surface area (TPSA) is 41.6 Å². The second kappa shape index (κ2) is 9.43. The van der Waals surface area contributed by atoms with Crippen molar-refractivity contribution >= 4 is 11.8 Å². The van der Waals surface area contributed by atoms with Gasteiger partial charge >= 0.3 is 6.09 Å². The molecule has 0 heterocycles. The van der Waals surface area contributed by atoms with Crippen LogP contribution in [0.1, 0.15) is 58.9 Å². The number of unbranched alkanes of at least 4 members (excludes halogenated alkanes) is 3. The van der Waals surface area contributed by atoms with E-state index in [1.54, 1.807) is 11.9 Å². The first-order chi connectivity index (χ1) is 10.8. The summed E-state index contributed by atoms with van der Waals surface area (Å²) in [5.41, 5.74) is 1.74. The second-order valence-corrected chi connectivity index (χ2v) is 7.02. The van der Waals surface area contributed by atoms with Crippen molar-refractivity contribution in [2.75, 3.05) is 18.9 Å². The molecule has 0 atom stereocenters. The average molecular weight is 320 g/mol.